The summed E-state index contributed by atoms with van der Waals surface area (Å²) in [6.45, 7) is 0.478. The molecule has 2 heterocycles. The van der Waals surface area contributed by atoms with Crippen LogP contribution in [0.2, 0.25) is 0 Å². The number of fused-ring (bicyclic) bond motifs is 1. The topological polar surface area (TPSA) is 77.2 Å². The van der Waals surface area contributed by atoms with E-state index >= 15 is 0 Å². The van der Waals surface area contributed by atoms with E-state index in [1.807, 2.05) is 0 Å². The molecular formula is C8H11N3O3. The fraction of sp³-hybridized carbons (Fsp3) is 0.625. The third-order valence-corrected chi connectivity index (χ3v) is 2.40. The van der Waals surface area contributed by atoms with Crippen LogP contribution in [0.5, 0.6) is 0 Å². The van der Waals surface area contributed by atoms with Crippen molar-refractivity contribution >= 4 is 5.97 Å². The van der Waals surface area contributed by atoms with Crippen molar-refractivity contribution in [3.8, 4) is 0 Å². The zero-order valence-corrected chi connectivity index (χ0v) is 7.75. The molecule has 76 valence electrons. The molecule has 1 aromatic rings. The fourth-order valence-corrected chi connectivity index (χ4v) is 1.69. The Labute approximate surface area is 80.5 Å². The number of esters is 1. The predicted octanol–water partition coefficient (Wildman–Crippen LogP) is -0.496. The molecule has 1 aromatic heterocycles. The Morgan fingerprint density at radius 3 is 3.29 bits per heavy atom. The number of carbonyl (C=O) groups is 1. The summed E-state index contributed by atoms with van der Waals surface area (Å²) in [6.07, 6.45) is 1.13. The Hall–Kier alpha value is -1.43. The van der Waals surface area contributed by atoms with Gasteiger partial charge in [0, 0.05) is 6.54 Å². The summed E-state index contributed by atoms with van der Waals surface area (Å²) < 4.78 is 6.30. The first-order valence-corrected chi connectivity index (χ1v) is 4.36. The maximum absolute atomic E-state index is 11.3. The third-order valence-electron chi connectivity index (χ3n) is 2.40. The molecule has 0 aromatic carbocycles. The van der Waals surface area contributed by atoms with Crippen LogP contribution in [0.15, 0.2) is 6.33 Å². The standard InChI is InChI=1S/C8H11N3O3/c1-14-8(13)5-2-6(12)7-10-9-4-11(7)3-5/h4-6,12H,2-3H2,1H3. The van der Waals surface area contributed by atoms with E-state index in [1.165, 1.54) is 13.4 Å². The van der Waals surface area contributed by atoms with Gasteiger partial charge in [0.25, 0.3) is 0 Å². The van der Waals surface area contributed by atoms with Crippen LogP contribution in [0, 0.1) is 5.92 Å². The summed E-state index contributed by atoms with van der Waals surface area (Å²) in [5.74, 6) is -0.0907. The van der Waals surface area contributed by atoms with Crippen molar-refractivity contribution in [2.24, 2.45) is 5.92 Å². The first kappa shape index (κ1) is 9.14. The second-order valence-electron chi connectivity index (χ2n) is 3.31. The molecule has 0 radical (unpaired) electrons. The van der Waals surface area contributed by atoms with Crippen molar-refractivity contribution in [2.75, 3.05) is 7.11 Å². The molecule has 1 aliphatic rings. The van der Waals surface area contributed by atoms with Gasteiger partial charge in [-0.25, -0.2) is 0 Å². The molecule has 14 heavy (non-hydrogen) atoms. The number of rotatable bonds is 1. The monoisotopic (exact) mass is 197 g/mol. The van der Waals surface area contributed by atoms with Gasteiger partial charge in [-0.2, -0.15) is 0 Å². The summed E-state index contributed by atoms with van der Waals surface area (Å²) in [5.41, 5.74) is 0. The van der Waals surface area contributed by atoms with E-state index in [0.29, 0.717) is 18.8 Å². The SMILES string of the molecule is COC(=O)C1CC(O)c2nncn2C1. The molecule has 6 heteroatoms. The normalized spacial score (nSPS) is 25.6. The number of nitrogens with zero attached hydrogens (tertiary/aromatic N) is 3. The molecule has 0 saturated heterocycles. The molecule has 2 rings (SSSR count). The second kappa shape index (κ2) is 3.38. The van der Waals surface area contributed by atoms with Crippen LogP contribution in [0.3, 0.4) is 0 Å². The van der Waals surface area contributed by atoms with Gasteiger partial charge in [0.1, 0.15) is 12.4 Å². The van der Waals surface area contributed by atoms with E-state index in [1.54, 1.807) is 4.57 Å². The highest BCUT2D eigenvalue weighted by Gasteiger charge is 2.31. The predicted molar refractivity (Wildman–Crippen MR) is 45.1 cm³/mol. The molecule has 0 spiro atoms. The van der Waals surface area contributed by atoms with Crippen LogP contribution in [0.4, 0.5) is 0 Å². The Morgan fingerprint density at radius 1 is 1.79 bits per heavy atom. The molecule has 0 bridgehead atoms. The lowest BCUT2D eigenvalue weighted by Crippen LogP contribution is -2.30. The van der Waals surface area contributed by atoms with Gasteiger partial charge < -0.3 is 14.4 Å². The number of hydrogen-bond donors (Lipinski definition) is 1. The van der Waals surface area contributed by atoms with Gasteiger partial charge in [-0.05, 0) is 6.42 Å². The van der Waals surface area contributed by atoms with Crippen molar-refractivity contribution < 1.29 is 14.6 Å². The van der Waals surface area contributed by atoms with Gasteiger partial charge in [0.05, 0.1) is 13.0 Å². The zero-order valence-electron chi connectivity index (χ0n) is 7.75. The molecule has 6 nitrogen and oxygen atoms in total. The average molecular weight is 197 g/mol. The Balaban J connectivity index is 2.21. The zero-order chi connectivity index (χ0) is 10.1. The minimum Gasteiger partial charge on any atom is -0.469 e. The lowest BCUT2D eigenvalue weighted by atomic mass is 9.97. The number of methoxy groups -OCH3 is 1. The smallest absolute Gasteiger partial charge is 0.310 e. The van der Waals surface area contributed by atoms with E-state index in [9.17, 15) is 9.90 Å². The number of aliphatic hydroxyl groups excluding tert-OH is 1. The van der Waals surface area contributed by atoms with Gasteiger partial charge in [0.15, 0.2) is 5.82 Å². The average Bonchev–Trinajstić information content (AvgIpc) is 2.64. The fourth-order valence-electron chi connectivity index (χ4n) is 1.69. The maximum atomic E-state index is 11.3. The van der Waals surface area contributed by atoms with Crippen LogP contribution in [0.1, 0.15) is 18.3 Å². The lowest BCUT2D eigenvalue weighted by Gasteiger charge is -2.24. The molecular weight excluding hydrogens is 186 g/mol. The lowest BCUT2D eigenvalue weighted by molar-refractivity contribution is -0.148. The summed E-state index contributed by atoms with van der Waals surface area (Å²) in [4.78, 5) is 11.3. The summed E-state index contributed by atoms with van der Waals surface area (Å²) >= 11 is 0. The minimum absolute atomic E-state index is 0.302. The highest BCUT2D eigenvalue weighted by atomic mass is 16.5. The number of aliphatic hydroxyl groups is 1. The number of carbonyl (C=O) groups excluding carboxylic acids is 1. The maximum Gasteiger partial charge on any atom is 0.310 e. The quantitative estimate of drug-likeness (QED) is 0.614. The van der Waals surface area contributed by atoms with Gasteiger partial charge >= 0.3 is 5.97 Å². The molecule has 0 aliphatic carbocycles. The Kier molecular flexibility index (Phi) is 2.20. The van der Waals surface area contributed by atoms with Crippen LogP contribution in [0.25, 0.3) is 0 Å². The van der Waals surface area contributed by atoms with Crippen molar-refractivity contribution in [3.63, 3.8) is 0 Å². The molecule has 1 aliphatic heterocycles. The molecule has 1 N–H and O–H groups in total. The summed E-state index contributed by atoms with van der Waals surface area (Å²) in [7, 11) is 1.34. The molecule has 2 unspecified atom stereocenters. The molecule has 0 fully saturated rings. The number of ether oxygens (including phenoxy) is 1. The Bertz CT molecular complexity index is 349. The van der Waals surface area contributed by atoms with Gasteiger partial charge in [-0.3, -0.25) is 4.79 Å². The van der Waals surface area contributed by atoms with Gasteiger partial charge in [0.2, 0.25) is 0 Å². The number of aromatic nitrogens is 3. The van der Waals surface area contributed by atoms with Crippen LogP contribution in [-0.2, 0) is 16.1 Å². The molecule has 0 saturated carbocycles. The van der Waals surface area contributed by atoms with E-state index in [2.05, 4.69) is 14.9 Å². The van der Waals surface area contributed by atoms with Gasteiger partial charge in [-0.1, -0.05) is 0 Å². The van der Waals surface area contributed by atoms with Crippen LogP contribution in [-0.4, -0.2) is 33.0 Å². The summed E-state index contributed by atoms with van der Waals surface area (Å²) in [6, 6.07) is 0. The highest BCUT2D eigenvalue weighted by Crippen LogP contribution is 2.27. The van der Waals surface area contributed by atoms with Gasteiger partial charge in [-0.15, -0.1) is 10.2 Å². The molecule has 2 atom stereocenters. The van der Waals surface area contributed by atoms with E-state index in [-0.39, 0.29) is 11.9 Å². The molecule has 0 amide bonds. The van der Waals surface area contributed by atoms with Crippen molar-refractivity contribution in [1.82, 2.24) is 14.8 Å². The van der Waals surface area contributed by atoms with Crippen molar-refractivity contribution in [2.45, 2.75) is 19.1 Å². The Morgan fingerprint density at radius 2 is 2.57 bits per heavy atom. The number of hydrogen-bond acceptors (Lipinski definition) is 5. The largest absolute Gasteiger partial charge is 0.469 e. The van der Waals surface area contributed by atoms with E-state index < -0.39 is 6.10 Å². The summed E-state index contributed by atoms with van der Waals surface area (Å²) in [5, 5.41) is 17.1. The first-order chi connectivity index (χ1) is 6.72. The van der Waals surface area contributed by atoms with Crippen molar-refractivity contribution in [3.05, 3.63) is 12.2 Å². The third kappa shape index (κ3) is 1.37. The van der Waals surface area contributed by atoms with E-state index in [0.717, 1.165) is 0 Å². The minimum atomic E-state index is -0.727. The highest BCUT2D eigenvalue weighted by molar-refractivity contribution is 5.72. The van der Waals surface area contributed by atoms with E-state index in [4.69, 9.17) is 0 Å². The van der Waals surface area contributed by atoms with Crippen LogP contribution < -0.4 is 0 Å². The first-order valence-electron chi connectivity index (χ1n) is 4.36. The second-order valence-corrected chi connectivity index (χ2v) is 3.31. The van der Waals surface area contributed by atoms with Crippen molar-refractivity contribution in [1.29, 1.82) is 0 Å². The van der Waals surface area contributed by atoms with Crippen LogP contribution >= 0.6 is 0 Å².